The van der Waals surface area contributed by atoms with Crippen LogP contribution in [0.5, 0.6) is 0 Å². The molecule has 2 saturated carbocycles. The second kappa shape index (κ2) is 7.23. The standard InChI is InChI=1S/C21H23ClN6/c22-19-10-16(5-6-25-19)26-17-9-15(11-23)21(27-20(17)14-3-4-14)28-8-7-24-18(12-28)13-1-2-13/h5-6,9-10,13-14,18,24H,1-4,7-8,12H2,(H,25,26). The van der Waals surface area contributed by atoms with E-state index in [4.69, 9.17) is 16.6 Å². The van der Waals surface area contributed by atoms with Crippen molar-refractivity contribution in [3.05, 3.63) is 40.8 Å². The molecular weight excluding hydrogens is 372 g/mol. The Kier molecular flexibility index (Phi) is 4.58. The van der Waals surface area contributed by atoms with Gasteiger partial charge in [-0.25, -0.2) is 9.97 Å². The Labute approximate surface area is 169 Å². The number of nitrogens with zero attached hydrogens (tertiary/aromatic N) is 4. The maximum atomic E-state index is 9.83. The highest BCUT2D eigenvalue weighted by Gasteiger charge is 2.36. The van der Waals surface area contributed by atoms with Crippen LogP contribution in [-0.2, 0) is 0 Å². The van der Waals surface area contributed by atoms with Crippen molar-refractivity contribution in [2.75, 3.05) is 29.9 Å². The summed E-state index contributed by atoms with van der Waals surface area (Å²) >= 11 is 6.02. The molecule has 0 bridgehead atoms. The smallest absolute Gasteiger partial charge is 0.147 e. The van der Waals surface area contributed by atoms with Crippen LogP contribution in [0.25, 0.3) is 0 Å². The highest BCUT2D eigenvalue weighted by atomic mass is 35.5. The van der Waals surface area contributed by atoms with E-state index in [1.165, 1.54) is 12.8 Å². The molecule has 7 heteroatoms. The minimum absolute atomic E-state index is 0.440. The molecule has 1 atom stereocenters. The Morgan fingerprint density at radius 3 is 2.82 bits per heavy atom. The number of piperazine rings is 1. The summed E-state index contributed by atoms with van der Waals surface area (Å²) in [5.74, 6) is 2.09. The zero-order valence-electron chi connectivity index (χ0n) is 15.7. The molecule has 3 aliphatic rings. The monoisotopic (exact) mass is 394 g/mol. The number of hydrogen-bond acceptors (Lipinski definition) is 6. The van der Waals surface area contributed by atoms with Crippen LogP contribution in [0.1, 0.15) is 42.9 Å². The Morgan fingerprint density at radius 1 is 1.25 bits per heavy atom. The Bertz CT molecular complexity index is 931. The van der Waals surface area contributed by atoms with Gasteiger partial charge in [-0.2, -0.15) is 5.26 Å². The summed E-state index contributed by atoms with van der Waals surface area (Å²) < 4.78 is 0. The highest BCUT2D eigenvalue weighted by Crippen LogP contribution is 2.44. The zero-order chi connectivity index (χ0) is 19.1. The average molecular weight is 395 g/mol. The lowest BCUT2D eigenvalue weighted by atomic mass is 10.1. The number of aromatic nitrogens is 2. The van der Waals surface area contributed by atoms with E-state index in [1.54, 1.807) is 12.3 Å². The van der Waals surface area contributed by atoms with Crippen LogP contribution in [0.2, 0.25) is 5.15 Å². The summed E-state index contributed by atoms with van der Waals surface area (Å²) in [5, 5.41) is 17.3. The lowest BCUT2D eigenvalue weighted by molar-refractivity contribution is 0.417. The Balaban J connectivity index is 1.48. The summed E-state index contributed by atoms with van der Waals surface area (Å²) in [5.41, 5.74) is 3.45. The predicted molar refractivity (Wildman–Crippen MR) is 110 cm³/mol. The van der Waals surface area contributed by atoms with Crippen molar-refractivity contribution in [1.29, 1.82) is 5.26 Å². The van der Waals surface area contributed by atoms with Crippen molar-refractivity contribution in [3.63, 3.8) is 0 Å². The molecule has 0 radical (unpaired) electrons. The topological polar surface area (TPSA) is 76.9 Å². The molecular formula is C21H23ClN6. The fourth-order valence-corrected chi connectivity index (χ4v) is 4.20. The van der Waals surface area contributed by atoms with Crippen LogP contribution in [-0.4, -0.2) is 35.6 Å². The van der Waals surface area contributed by atoms with Crippen LogP contribution in [0, 0.1) is 17.2 Å². The third kappa shape index (κ3) is 3.65. The average Bonchev–Trinajstić information content (AvgIpc) is 3.61. The van der Waals surface area contributed by atoms with E-state index < -0.39 is 0 Å². The van der Waals surface area contributed by atoms with Gasteiger partial charge in [-0.05, 0) is 49.8 Å². The van der Waals surface area contributed by atoms with E-state index in [0.29, 0.717) is 22.7 Å². The molecule has 0 spiro atoms. The van der Waals surface area contributed by atoms with E-state index >= 15 is 0 Å². The first-order valence-corrected chi connectivity index (χ1v) is 10.4. The molecule has 1 aliphatic heterocycles. The summed E-state index contributed by atoms with van der Waals surface area (Å²) in [6.45, 7) is 2.77. The third-order valence-electron chi connectivity index (χ3n) is 5.82. The van der Waals surface area contributed by atoms with Crippen molar-refractivity contribution in [2.24, 2.45) is 5.92 Å². The second-order valence-electron chi connectivity index (χ2n) is 8.01. The van der Waals surface area contributed by atoms with E-state index in [1.807, 2.05) is 12.1 Å². The molecule has 1 unspecified atom stereocenters. The van der Waals surface area contributed by atoms with E-state index in [0.717, 1.165) is 61.3 Å². The van der Waals surface area contributed by atoms with Crippen LogP contribution < -0.4 is 15.5 Å². The van der Waals surface area contributed by atoms with Gasteiger partial charge >= 0.3 is 0 Å². The normalized spacial score (nSPS) is 22.0. The highest BCUT2D eigenvalue weighted by molar-refractivity contribution is 6.29. The summed E-state index contributed by atoms with van der Waals surface area (Å²) in [6.07, 6.45) is 6.60. The molecule has 0 aromatic carbocycles. The van der Waals surface area contributed by atoms with E-state index in [-0.39, 0.29) is 0 Å². The van der Waals surface area contributed by atoms with Gasteiger partial charge in [0.15, 0.2) is 0 Å². The van der Waals surface area contributed by atoms with Gasteiger partial charge in [0.25, 0.3) is 0 Å². The van der Waals surface area contributed by atoms with Crippen molar-refractivity contribution in [1.82, 2.24) is 15.3 Å². The third-order valence-corrected chi connectivity index (χ3v) is 6.02. The maximum Gasteiger partial charge on any atom is 0.147 e. The fourth-order valence-electron chi connectivity index (χ4n) is 4.03. The summed E-state index contributed by atoms with van der Waals surface area (Å²) in [6, 6.07) is 8.51. The molecule has 2 N–H and O–H groups in total. The second-order valence-corrected chi connectivity index (χ2v) is 8.40. The van der Waals surface area contributed by atoms with Crippen LogP contribution in [0.15, 0.2) is 24.4 Å². The lowest BCUT2D eigenvalue weighted by Crippen LogP contribution is -2.52. The van der Waals surface area contributed by atoms with Crippen molar-refractivity contribution in [2.45, 2.75) is 37.6 Å². The van der Waals surface area contributed by atoms with Gasteiger partial charge < -0.3 is 15.5 Å². The van der Waals surface area contributed by atoms with E-state index in [2.05, 4.69) is 26.6 Å². The quantitative estimate of drug-likeness (QED) is 0.751. The first-order chi connectivity index (χ1) is 13.7. The van der Waals surface area contributed by atoms with Gasteiger partial charge in [0.1, 0.15) is 17.0 Å². The predicted octanol–water partition coefficient (Wildman–Crippen LogP) is 3.81. The molecule has 2 aliphatic carbocycles. The largest absolute Gasteiger partial charge is 0.354 e. The first-order valence-electron chi connectivity index (χ1n) is 10.0. The Morgan fingerprint density at radius 2 is 2.11 bits per heavy atom. The van der Waals surface area contributed by atoms with E-state index in [9.17, 15) is 5.26 Å². The number of nitrogens with one attached hydrogen (secondary N) is 2. The molecule has 144 valence electrons. The molecule has 1 saturated heterocycles. The van der Waals surface area contributed by atoms with Gasteiger partial charge in [-0.1, -0.05) is 11.6 Å². The van der Waals surface area contributed by atoms with Crippen molar-refractivity contribution >= 4 is 28.8 Å². The molecule has 28 heavy (non-hydrogen) atoms. The van der Waals surface area contributed by atoms with Gasteiger partial charge in [0.2, 0.25) is 0 Å². The maximum absolute atomic E-state index is 9.83. The Hall–Kier alpha value is -2.36. The van der Waals surface area contributed by atoms with Gasteiger partial charge in [-0.3, -0.25) is 0 Å². The summed E-state index contributed by atoms with van der Waals surface area (Å²) in [4.78, 5) is 11.4. The number of rotatable bonds is 5. The minimum atomic E-state index is 0.440. The van der Waals surface area contributed by atoms with Crippen molar-refractivity contribution < 1.29 is 0 Å². The SMILES string of the molecule is N#Cc1cc(Nc2ccnc(Cl)c2)c(C2CC2)nc1N1CCNC(C2CC2)C1. The minimum Gasteiger partial charge on any atom is -0.354 e. The molecule has 0 amide bonds. The molecule has 3 fully saturated rings. The molecule has 5 rings (SSSR count). The van der Waals surface area contributed by atoms with Crippen LogP contribution in [0.4, 0.5) is 17.2 Å². The zero-order valence-corrected chi connectivity index (χ0v) is 16.4. The number of nitriles is 1. The van der Waals surface area contributed by atoms with Crippen LogP contribution in [0.3, 0.4) is 0 Å². The van der Waals surface area contributed by atoms with Crippen LogP contribution >= 0.6 is 11.6 Å². The number of halogens is 1. The molecule has 6 nitrogen and oxygen atoms in total. The lowest BCUT2D eigenvalue weighted by Gasteiger charge is -2.35. The molecule has 2 aromatic rings. The summed E-state index contributed by atoms with van der Waals surface area (Å²) in [7, 11) is 0. The number of hydrogen-bond donors (Lipinski definition) is 2. The number of anilines is 3. The van der Waals surface area contributed by atoms with Gasteiger partial charge in [0.05, 0.1) is 16.9 Å². The van der Waals surface area contributed by atoms with Gasteiger partial charge in [0, 0.05) is 43.5 Å². The molecule has 3 heterocycles. The first kappa shape index (κ1) is 17.7. The fraction of sp³-hybridized carbons (Fsp3) is 0.476. The van der Waals surface area contributed by atoms with Gasteiger partial charge in [-0.15, -0.1) is 0 Å². The van der Waals surface area contributed by atoms with Crippen molar-refractivity contribution in [3.8, 4) is 6.07 Å². The number of pyridine rings is 2. The molecule has 2 aromatic heterocycles.